The molecule has 0 N–H and O–H groups in total. The Kier molecular flexibility index (Phi) is 7.23. The molecule has 0 unspecified atom stereocenters. The second kappa shape index (κ2) is 9.86. The standard InChI is InChI=1S/C22H23NO5S2/c1-25-16-7-5-14(11-18(16)27-3)9-10-23-21(24)20(30-22(23)29)13-15-6-8-17(26-2)19(12-15)28-4/h5-8,11-13H,9-10H2,1-4H3/b20-13+. The van der Waals surface area contributed by atoms with Crippen molar-refractivity contribution in [2.75, 3.05) is 35.0 Å². The van der Waals surface area contributed by atoms with Crippen LogP contribution in [0, 0.1) is 0 Å². The highest BCUT2D eigenvalue weighted by Crippen LogP contribution is 2.35. The lowest BCUT2D eigenvalue weighted by atomic mass is 10.1. The molecule has 1 heterocycles. The van der Waals surface area contributed by atoms with Crippen LogP contribution in [0.25, 0.3) is 6.08 Å². The predicted octanol–water partition coefficient (Wildman–Crippen LogP) is 4.16. The molecule has 0 atom stereocenters. The molecule has 1 saturated heterocycles. The summed E-state index contributed by atoms with van der Waals surface area (Å²) in [5, 5.41) is 0. The normalized spacial score (nSPS) is 14.9. The first-order valence-electron chi connectivity index (χ1n) is 9.19. The van der Waals surface area contributed by atoms with Crippen molar-refractivity contribution in [3.63, 3.8) is 0 Å². The molecule has 1 amide bonds. The zero-order valence-electron chi connectivity index (χ0n) is 17.3. The average Bonchev–Trinajstić information content (AvgIpc) is 3.04. The first-order valence-corrected chi connectivity index (χ1v) is 10.4. The second-order valence-electron chi connectivity index (χ2n) is 6.39. The number of hydrogen-bond donors (Lipinski definition) is 0. The summed E-state index contributed by atoms with van der Waals surface area (Å²) >= 11 is 6.74. The molecular weight excluding hydrogens is 422 g/mol. The maximum atomic E-state index is 12.9. The van der Waals surface area contributed by atoms with E-state index in [0.717, 1.165) is 11.1 Å². The van der Waals surface area contributed by atoms with Gasteiger partial charge in [-0.1, -0.05) is 36.1 Å². The molecule has 158 valence electrons. The van der Waals surface area contributed by atoms with Crippen LogP contribution in [0.3, 0.4) is 0 Å². The van der Waals surface area contributed by atoms with Crippen LogP contribution in [0.5, 0.6) is 23.0 Å². The largest absolute Gasteiger partial charge is 0.493 e. The van der Waals surface area contributed by atoms with Crippen molar-refractivity contribution in [3.8, 4) is 23.0 Å². The van der Waals surface area contributed by atoms with Gasteiger partial charge in [0.05, 0.1) is 33.3 Å². The van der Waals surface area contributed by atoms with Crippen molar-refractivity contribution in [1.29, 1.82) is 0 Å². The summed E-state index contributed by atoms with van der Waals surface area (Å²) in [5.74, 6) is 2.48. The molecule has 1 aliphatic rings. The molecule has 3 rings (SSSR count). The number of nitrogens with zero attached hydrogens (tertiary/aromatic N) is 1. The number of methoxy groups -OCH3 is 4. The Labute approximate surface area is 185 Å². The van der Waals surface area contributed by atoms with Crippen molar-refractivity contribution >= 4 is 40.3 Å². The third-order valence-corrected chi connectivity index (χ3v) is 6.03. The molecule has 2 aromatic rings. The summed E-state index contributed by atoms with van der Waals surface area (Å²) in [4.78, 5) is 15.1. The number of benzene rings is 2. The topological polar surface area (TPSA) is 57.2 Å². The Morgan fingerprint density at radius 1 is 0.900 bits per heavy atom. The van der Waals surface area contributed by atoms with E-state index in [4.69, 9.17) is 31.2 Å². The monoisotopic (exact) mass is 445 g/mol. The van der Waals surface area contributed by atoms with Crippen LogP contribution in [0.2, 0.25) is 0 Å². The van der Waals surface area contributed by atoms with Crippen molar-refractivity contribution in [2.45, 2.75) is 6.42 Å². The summed E-state index contributed by atoms with van der Waals surface area (Å²) in [6, 6.07) is 11.2. The zero-order chi connectivity index (χ0) is 21.7. The van der Waals surface area contributed by atoms with Gasteiger partial charge in [-0.3, -0.25) is 9.69 Å². The molecule has 8 heteroatoms. The van der Waals surface area contributed by atoms with Crippen molar-refractivity contribution in [2.24, 2.45) is 0 Å². The van der Waals surface area contributed by atoms with Gasteiger partial charge in [0.25, 0.3) is 5.91 Å². The molecule has 6 nitrogen and oxygen atoms in total. The number of ether oxygens (including phenoxy) is 4. The lowest BCUT2D eigenvalue weighted by molar-refractivity contribution is -0.122. The molecule has 0 aromatic heterocycles. The van der Waals surface area contributed by atoms with Gasteiger partial charge in [0, 0.05) is 6.54 Å². The molecule has 0 radical (unpaired) electrons. The molecule has 30 heavy (non-hydrogen) atoms. The molecule has 1 fully saturated rings. The molecule has 0 bridgehead atoms. The van der Waals surface area contributed by atoms with Gasteiger partial charge in [-0.05, 0) is 47.9 Å². The Morgan fingerprint density at radius 3 is 2.13 bits per heavy atom. The Balaban J connectivity index is 1.73. The van der Waals surface area contributed by atoms with E-state index in [-0.39, 0.29) is 5.91 Å². The summed E-state index contributed by atoms with van der Waals surface area (Å²) in [6.45, 7) is 0.490. The fourth-order valence-electron chi connectivity index (χ4n) is 3.06. The minimum atomic E-state index is -0.0970. The maximum absolute atomic E-state index is 12.9. The average molecular weight is 446 g/mol. The summed E-state index contributed by atoms with van der Waals surface area (Å²) in [6.07, 6.45) is 2.47. The summed E-state index contributed by atoms with van der Waals surface area (Å²) < 4.78 is 21.8. The van der Waals surface area contributed by atoms with E-state index in [2.05, 4.69) is 0 Å². The van der Waals surface area contributed by atoms with Gasteiger partial charge in [-0.2, -0.15) is 0 Å². The number of hydrogen-bond acceptors (Lipinski definition) is 7. The highest BCUT2D eigenvalue weighted by molar-refractivity contribution is 8.26. The van der Waals surface area contributed by atoms with Crippen LogP contribution in [0.15, 0.2) is 41.3 Å². The summed E-state index contributed by atoms with van der Waals surface area (Å²) in [7, 11) is 6.36. The van der Waals surface area contributed by atoms with Gasteiger partial charge in [0.1, 0.15) is 4.32 Å². The van der Waals surface area contributed by atoms with Gasteiger partial charge >= 0.3 is 0 Å². The van der Waals surface area contributed by atoms with E-state index in [1.165, 1.54) is 11.8 Å². The molecule has 1 aliphatic heterocycles. The number of thioether (sulfide) groups is 1. The fraction of sp³-hybridized carbons (Fsp3) is 0.273. The van der Waals surface area contributed by atoms with Crippen molar-refractivity contribution < 1.29 is 23.7 Å². The van der Waals surface area contributed by atoms with Crippen LogP contribution >= 0.6 is 24.0 Å². The van der Waals surface area contributed by atoms with Gasteiger partial charge in [-0.25, -0.2) is 0 Å². The van der Waals surface area contributed by atoms with Gasteiger partial charge < -0.3 is 18.9 Å². The van der Waals surface area contributed by atoms with Gasteiger partial charge in [0.15, 0.2) is 23.0 Å². The number of amides is 1. The van der Waals surface area contributed by atoms with Crippen LogP contribution in [-0.2, 0) is 11.2 Å². The zero-order valence-corrected chi connectivity index (χ0v) is 18.9. The van der Waals surface area contributed by atoms with E-state index in [9.17, 15) is 4.79 Å². The van der Waals surface area contributed by atoms with Gasteiger partial charge in [0.2, 0.25) is 0 Å². The highest BCUT2D eigenvalue weighted by atomic mass is 32.2. The van der Waals surface area contributed by atoms with Crippen molar-refractivity contribution in [3.05, 3.63) is 52.4 Å². The lowest BCUT2D eigenvalue weighted by Gasteiger charge is -2.15. The lowest BCUT2D eigenvalue weighted by Crippen LogP contribution is -2.30. The number of thiocarbonyl (C=S) groups is 1. The number of carbonyl (C=O) groups is 1. The molecule has 0 aliphatic carbocycles. The van der Waals surface area contributed by atoms with Crippen molar-refractivity contribution in [1.82, 2.24) is 4.90 Å². The third kappa shape index (κ3) is 4.71. The Morgan fingerprint density at radius 2 is 1.50 bits per heavy atom. The fourth-order valence-corrected chi connectivity index (χ4v) is 4.37. The van der Waals surface area contributed by atoms with Crippen LogP contribution in [0.4, 0.5) is 0 Å². The minimum absolute atomic E-state index is 0.0970. The van der Waals surface area contributed by atoms with E-state index in [1.54, 1.807) is 33.3 Å². The molecule has 0 saturated carbocycles. The summed E-state index contributed by atoms with van der Waals surface area (Å²) in [5.41, 5.74) is 1.87. The number of carbonyl (C=O) groups excluding carboxylic acids is 1. The van der Waals surface area contributed by atoms with Gasteiger partial charge in [-0.15, -0.1) is 0 Å². The SMILES string of the molecule is COc1ccc(/C=C2/SC(=S)N(CCc3ccc(OC)c(OC)c3)C2=O)cc1OC. The first kappa shape index (κ1) is 22.0. The quantitative estimate of drug-likeness (QED) is 0.447. The van der Waals surface area contributed by atoms with E-state index in [1.807, 2.05) is 42.5 Å². The maximum Gasteiger partial charge on any atom is 0.266 e. The van der Waals surface area contributed by atoms with E-state index < -0.39 is 0 Å². The molecule has 2 aromatic carbocycles. The Bertz CT molecular complexity index is 989. The molecule has 0 spiro atoms. The van der Waals surface area contributed by atoms with Crippen LogP contribution in [0.1, 0.15) is 11.1 Å². The highest BCUT2D eigenvalue weighted by Gasteiger charge is 2.31. The number of rotatable bonds is 8. The first-order chi connectivity index (χ1) is 14.5. The third-order valence-electron chi connectivity index (χ3n) is 4.65. The predicted molar refractivity (Wildman–Crippen MR) is 123 cm³/mol. The van der Waals surface area contributed by atoms with Crippen LogP contribution < -0.4 is 18.9 Å². The molecular formula is C22H23NO5S2. The smallest absolute Gasteiger partial charge is 0.266 e. The van der Waals surface area contributed by atoms with E-state index >= 15 is 0 Å². The minimum Gasteiger partial charge on any atom is -0.493 e. The van der Waals surface area contributed by atoms with E-state index in [0.29, 0.717) is 45.2 Å². The Hall–Kier alpha value is -2.71. The van der Waals surface area contributed by atoms with Crippen LogP contribution in [-0.4, -0.2) is 50.1 Å². The second-order valence-corrected chi connectivity index (χ2v) is 8.06.